The summed E-state index contributed by atoms with van der Waals surface area (Å²) in [5.74, 6) is 0. The topological polar surface area (TPSA) is 3.88 Å². The number of rotatable bonds is 1. The Morgan fingerprint density at radius 3 is 2.33 bits per heavy atom. The van der Waals surface area contributed by atoms with Crippen molar-refractivity contribution in [2.24, 2.45) is 7.05 Å². The van der Waals surface area contributed by atoms with Gasteiger partial charge in [0.1, 0.15) is 7.05 Å². The smallest absolute Gasteiger partial charge is 0.201 e. The van der Waals surface area contributed by atoms with Crippen LogP contribution in [-0.2, 0) is 12.5 Å². The Kier molecular flexibility index (Phi) is 3.18. The fourth-order valence-electron chi connectivity index (χ4n) is 4.46. The van der Waals surface area contributed by atoms with Crippen LogP contribution in [0.15, 0.2) is 54.7 Å². The standard InChI is InChI=1S/C23H24N/c1-15-12-13-18-21(20(15)19-11-6-7-14-24(19)5)17-10-8-9-16(2)22(17)23(18,3)4/h6-14H,1-5H3/q+1. The van der Waals surface area contributed by atoms with Crippen LogP contribution in [0, 0.1) is 13.8 Å². The number of pyridine rings is 1. The van der Waals surface area contributed by atoms with E-state index in [2.05, 4.69) is 94.0 Å². The molecule has 2 aromatic carbocycles. The first-order valence-electron chi connectivity index (χ1n) is 8.62. The minimum atomic E-state index is 0.0474. The Balaban J connectivity index is 2.16. The summed E-state index contributed by atoms with van der Waals surface area (Å²) in [6, 6.07) is 17.8. The van der Waals surface area contributed by atoms with Gasteiger partial charge in [0.25, 0.3) is 0 Å². The zero-order valence-corrected chi connectivity index (χ0v) is 15.1. The summed E-state index contributed by atoms with van der Waals surface area (Å²) >= 11 is 0. The summed E-state index contributed by atoms with van der Waals surface area (Å²) in [5.41, 5.74) is 11.1. The first kappa shape index (κ1) is 15.1. The number of hydrogen-bond donors (Lipinski definition) is 0. The maximum Gasteiger partial charge on any atom is 0.213 e. The number of aryl methyl sites for hydroxylation is 3. The summed E-state index contributed by atoms with van der Waals surface area (Å²) in [4.78, 5) is 0. The van der Waals surface area contributed by atoms with Gasteiger partial charge in [0.15, 0.2) is 6.20 Å². The highest BCUT2D eigenvalue weighted by Crippen LogP contribution is 2.53. The van der Waals surface area contributed by atoms with E-state index in [9.17, 15) is 0 Å². The lowest BCUT2D eigenvalue weighted by Gasteiger charge is -2.23. The molecule has 1 aliphatic rings. The Morgan fingerprint density at radius 2 is 1.58 bits per heavy atom. The molecule has 0 saturated heterocycles. The summed E-state index contributed by atoms with van der Waals surface area (Å²) < 4.78 is 2.23. The molecule has 24 heavy (non-hydrogen) atoms. The van der Waals surface area contributed by atoms with Gasteiger partial charge in [0.2, 0.25) is 5.69 Å². The third kappa shape index (κ3) is 1.91. The normalized spacial score (nSPS) is 14.4. The Hall–Kier alpha value is -2.41. The number of nitrogens with zero attached hydrogens (tertiary/aromatic N) is 1. The van der Waals surface area contributed by atoms with Gasteiger partial charge in [-0.1, -0.05) is 44.2 Å². The van der Waals surface area contributed by atoms with Crippen molar-refractivity contribution < 1.29 is 4.57 Å². The SMILES string of the molecule is Cc1ccc2c(c1-c1cccc[n+]1C)-c1cccc(C)c1C2(C)C. The van der Waals surface area contributed by atoms with Gasteiger partial charge in [-0.15, -0.1) is 0 Å². The van der Waals surface area contributed by atoms with Gasteiger partial charge in [-0.25, -0.2) is 4.57 Å². The molecule has 0 unspecified atom stereocenters. The lowest BCUT2D eigenvalue weighted by molar-refractivity contribution is -0.660. The van der Waals surface area contributed by atoms with Gasteiger partial charge in [-0.2, -0.15) is 0 Å². The zero-order chi connectivity index (χ0) is 17.1. The molecule has 0 aliphatic heterocycles. The first-order chi connectivity index (χ1) is 11.4. The summed E-state index contributed by atoms with van der Waals surface area (Å²) in [6.07, 6.45) is 2.13. The lowest BCUT2D eigenvalue weighted by Crippen LogP contribution is -2.30. The Bertz CT molecular complexity index is 964. The van der Waals surface area contributed by atoms with Crippen molar-refractivity contribution in [2.75, 3.05) is 0 Å². The quantitative estimate of drug-likeness (QED) is 0.550. The maximum atomic E-state index is 2.36. The highest BCUT2D eigenvalue weighted by molar-refractivity contribution is 5.93. The van der Waals surface area contributed by atoms with E-state index in [1.807, 2.05) is 0 Å². The molecule has 0 spiro atoms. The molecule has 120 valence electrons. The van der Waals surface area contributed by atoms with Crippen LogP contribution in [0.4, 0.5) is 0 Å². The predicted molar refractivity (Wildman–Crippen MR) is 100 cm³/mol. The molecule has 0 fully saturated rings. The van der Waals surface area contributed by atoms with Gasteiger partial charge in [-0.05, 0) is 47.7 Å². The van der Waals surface area contributed by atoms with E-state index in [1.165, 1.54) is 44.6 Å². The van der Waals surface area contributed by atoms with Crippen molar-refractivity contribution in [3.05, 3.63) is 77.0 Å². The van der Waals surface area contributed by atoms with Crippen molar-refractivity contribution >= 4 is 0 Å². The van der Waals surface area contributed by atoms with E-state index in [1.54, 1.807) is 0 Å². The summed E-state index contributed by atoms with van der Waals surface area (Å²) in [6.45, 7) is 9.18. The van der Waals surface area contributed by atoms with E-state index in [0.717, 1.165) is 0 Å². The van der Waals surface area contributed by atoms with Gasteiger partial charge < -0.3 is 0 Å². The van der Waals surface area contributed by atoms with Gasteiger partial charge in [0, 0.05) is 23.1 Å². The Labute approximate surface area is 144 Å². The van der Waals surface area contributed by atoms with Crippen molar-refractivity contribution in [3.8, 4) is 22.4 Å². The predicted octanol–water partition coefficient (Wildman–Crippen LogP) is 5.10. The monoisotopic (exact) mass is 314 g/mol. The molecule has 1 heterocycles. The van der Waals surface area contributed by atoms with Crippen LogP contribution >= 0.6 is 0 Å². The molecule has 0 radical (unpaired) electrons. The van der Waals surface area contributed by atoms with E-state index < -0.39 is 0 Å². The molecule has 1 heteroatoms. The van der Waals surface area contributed by atoms with E-state index in [-0.39, 0.29) is 5.41 Å². The molecular weight excluding hydrogens is 290 g/mol. The Morgan fingerprint density at radius 1 is 0.792 bits per heavy atom. The second kappa shape index (κ2) is 5.04. The lowest BCUT2D eigenvalue weighted by atomic mass is 9.80. The summed E-state index contributed by atoms with van der Waals surface area (Å²) in [7, 11) is 2.13. The second-order valence-electron chi connectivity index (χ2n) is 7.50. The van der Waals surface area contributed by atoms with Gasteiger partial charge in [0.05, 0.1) is 5.56 Å². The number of benzene rings is 2. The number of fused-ring (bicyclic) bond motifs is 3. The van der Waals surface area contributed by atoms with Crippen molar-refractivity contribution in [2.45, 2.75) is 33.1 Å². The van der Waals surface area contributed by atoms with Crippen molar-refractivity contribution in [3.63, 3.8) is 0 Å². The fourth-order valence-corrected chi connectivity index (χ4v) is 4.46. The molecular formula is C23H24N+. The minimum Gasteiger partial charge on any atom is -0.201 e. The molecule has 0 amide bonds. The molecule has 0 bridgehead atoms. The third-order valence-corrected chi connectivity index (χ3v) is 5.57. The van der Waals surface area contributed by atoms with Crippen molar-refractivity contribution in [1.82, 2.24) is 0 Å². The highest BCUT2D eigenvalue weighted by atomic mass is 14.9. The fraction of sp³-hybridized carbons (Fsp3) is 0.261. The average molecular weight is 314 g/mol. The van der Waals surface area contributed by atoms with E-state index >= 15 is 0 Å². The van der Waals surface area contributed by atoms with Crippen LogP contribution in [-0.4, -0.2) is 0 Å². The first-order valence-corrected chi connectivity index (χ1v) is 8.62. The van der Waals surface area contributed by atoms with Crippen LogP contribution in [0.1, 0.15) is 36.1 Å². The van der Waals surface area contributed by atoms with Crippen LogP contribution in [0.5, 0.6) is 0 Å². The average Bonchev–Trinajstić information content (AvgIpc) is 2.77. The highest BCUT2D eigenvalue weighted by Gasteiger charge is 2.39. The van der Waals surface area contributed by atoms with Gasteiger partial charge in [-0.3, -0.25) is 0 Å². The summed E-state index contributed by atoms with van der Waals surface area (Å²) in [5, 5.41) is 0. The molecule has 3 aromatic rings. The largest absolute Gasteiger partial charge is 0.213 e. The molecule has 0 atom stereocenters. The second-order valence-corrected chi connectivity index (χ2v) is 7.50. The van der Waals surface area contributed by atoms with E-state index in [0.29, 0.717) is 0 Å². The molecule has 4 rings (SSSR count). The van der Waals surface area contributed by atoms with Crippen molar-refractivity contribution in [1.29, 1.82) is 0 Å². The van der Waals surface area contributed by atoms with Gasteiger partial charge >= 0.3 is 0 Å². The minimum absolute atomic E-state index is 0.0474. The third-order valence-electron chi connectivity index (χ3n) is 5.57. The number of hydrogen-bond acceptors (Lipinski definition) is 0. The maximum absolute atomic E-state index is 2.36. The number of aromatic nitrogens is 1. The van der Waals surface area contributed by atoms with Crippen LogP contribution in [0.2, 0.25) is 0 Å². The van der Waals surface area contributed by atoms with E-state index in [4.69, 9.17) is 0 Å². The molecule has 0 N–H and O–H groups in total. The molecule has 0 saturated carbocycles. The van der Waals surface area contributed by atoms with Crippen LogP contribution in [0.25, 0.3) is 22.4 Å². The van der Waals surface area contributed by atoms with Crippen LogP contribution < -0.4 is 4.57 Å². The molecule has 1 aliphatic carbocycles. The zero-order valence-electron chi connectivity index (χ0n) is 15.1. The molecule has 1 aromatic heterocycles. The molecule has 1 nitrogen and oxygen atoms in total. The van der Waals surface area contributed by atoms with Crippen LogP contribution in [0.3, 0.4) is 0 Å².